The predicted octanol–water partition coefficient (Wildman–Crippen LogP) is 0.809. The molecule has 12 nitrogen and oxygen atoms in total. The predicted molar refractivity (Wildman–Crippen MR) is 142 cm³/mol. The second-order valence-electron chi connectivity index (χ2n) is 9.18. The number of carbonyl (C=O) groups is 2. The van der Waals surface area contributed by atoms with Crippen molar-refractivity contribution in [3.05, 3.63) is 54.1 Å². The molecule has 6 N–H and O–H groups in total. The maximum Gasteiger partial charge on any atom is 0.306 e. The van der Waals surface area contributed by atoms with Gasteiger partial charge in [0, 0.05) is 37.8 Å². The number of guanidine groups is 1. The van der Waals surface area contributed by atoms with Crippen LogP contribution < -0.4 is 25.6 Å². The maximum atomic E-state index is 12.8. The lowest BCUT2D eigenvalue weighted by molar-refractivity contribution is -0.137. The standard InChI is InChI=1S/C25H32N6O6S/c32-21-15-17(7-8-20(21)31-13-9-18(10-14-31)28-25-26-11-4-12-27-25)24(35)29-22(16-23(33)34)30-38(36,37)19-5-2-1-3-6-19/h1-3,5-8,15,18,22,30,32H,4,9-14,16H2,(H,29,35)(H,33,34)(H2,26,27,28). The molecule has 0 saturated carbocycles. The Morgan fingerprint density at radius 1 is 1.13 bits per heavy atom. The molecule has 1 fully saturated rings. The third-order valence-electron chi connectivity index (χ3n) is 6.35. The van der Waals surface area contributed by atoms with Crippen LogP contribution in [0.4, 0.5) is 5.69 Å². The highest BCUT2D eigenvalue weighted by atomic mass is 32.2. The summed E-state index contributed by atoms with van der Waals surface area (Å²) in [4.78, 5) is 30.6. The molecule has 2 aliphatic heterocycles. The van der Waals surface area contributed by atoms with Gasteiger partial charge in [-0.25, -0.2) is 8.42 Å². The molecule has 1 amide bonds. The van der Waals surface area contributed by atoms with Crippen molar-refractivity contribution in [2.45, 2.75) is 42.8 Å². The minimum Gasteiger partial charge on any atom is -0.506 e. The lowest BCUT2D eigenvalue weighted by Gasteiger charge is -2.35. The molecular formula is C25H32N6O6S. The lowest BCUT2D eigenvalue weighted by atomic mass is 10.0. The van der Waals surface area contributed by atoms with E-state index < -0.39 is 34.5 Å². The molecule has 1 saturated heterocycles. The molecule has 1 atom stereocenters. The number of carbonyl (C=O) groups excluding carboxylic acids is 1. The summed E-state index contributed by atoms with van der Waals surface area (Å²) in [5.74, 6) is -1.28. The Hall–Kier alpha value is -3.84. The van der Waals surface area contributed by atoms with E-state index in [4.69, 9.17) is 0 Å². The van der Waals surface area contributed by atoms with Gasteiger partial charge in [0.05, 0.1) is 17.0 Å². The first kappa shape index (κ1) is 27.2. The number of phenols is 1. The first-order valence-corrected chi connectivity index (χ1v) is 13.9. The van der Waals surface area contributed by atoms with Crippen LogP contribution in [-0.2, 0) is 14.8 Å². The number of carboxylic acids is 1. The third-order valence-corrected chi connectivity index (χ3v) is 7.83. The van der Waals surface area contributed by atoms with Crippen molar-refractivity contribution >= 4 is 33.5 Å². The van der Waals surface area contributed by atoms with E-state index in [1.807, 2.05) is 4.90 Å². The van der Waals surface area contributed by atoms with Gasteiger partial charge in [0.15, 0.2) is 5.96 Å². The minimum atomic E-state index is -4.08. The summed E-state index contributed by atoms with van der Waals surface area (Å²) < 4.78 is 27.5. The zero-order valence-corrected chi connectivity index (χ0v) is 21.6. The van der Waals surface area contributed by atoms with Gasteiger partial charge in [-0.05, 0) is 49.6 Å². The number of nitrogens with one attached hydrogen (secondary N) is 4. The zero-order valence-electron chi connectivity index (χ0n) is 20.8. The fourth-order valence-electron chi connectivity index (χ4n) is 4.41. The van der Waals surface area contributed by atoms with E-state index in [-0.39, 0.29) is 22.3 Å². The minimum absolute atomic E-state index is 0.0615. The Morgan fingerprint density at radius 3 is 2.50 bits per heavy atom. The van der Waals surface area contributed by atoms with Crippen molar-refractivity contribution in [1.82, 2.24) is 20.7 Å². The number of benzene rings is 2. The van der Waals surface area contributed by atoms with Gasteiger partial charge >= 0.3 is 5.97 Å². The number of hydrogen-bond donors (Lipinski definition) is 6. The summed E-state index contributed by atoms with van der Waals surface area (Å²) in [6.07, 6.45) is 0.649. The van der Waals surface area contributed by atoms with Crippen LogP contribution in [0.2, 0.25) is 0 Å². The molecule has 204 valence electrons. The average molecular weight is 545 g/mol. The first-order valence-electron chi connectivity index (χ1n) is 12.4. The quantitative estimate of drug-likeness (QED) is 0.250. The molecule has 0 spiro atoms. The molecular weight excluding hydrogens is 512 g/mol. The fourth-order valence-corrected chi connectivity index (χ4v) is 5.58. The lowest BCUT2D eigenvalue weighted by Crippen LogP contribution is -2.50. The second-order valence-corrected chi connectivity index (χ2v) is 10.9. The number of aliphatic carboxylic acids is 1. The summed E-state index contributed by atoms with van der Waals surface area (Å²) in [6, 6.07) is 12.1. The van der Waals surface area contributed by atoms with Gasteiger partial charge in [0.25, 0.3) is 5.91 Å². The van der Waals surface area contributed by atoms with Crippen LogP contribution in [0.1, 0.15) is 36.0 Å². The van der Waals surface area contributed by atoms with Gasteiger partial charge in [0.1, 0.15) is 11.9 Å². The normalized spacial score (nSPS) is 17.2. The molecule has 0 bridgehead atoms. The van der Waals surface area contributed by atoms with E-state index in [9.17, 15) is 28.2 Å². The number of phenolic OH excluding ortho intramolecular Hbond substituents is 1. The average Bonchev–Trinajstić information content (AvgIpc) is 2.89. The number of anilines is 1. The highest BCUT2D eigenvalue weighted by Gasteiger charge is 2.26. The number of nitrogens with zero attached hydrogens (tertiary/aromatic N) is 2. The van der Waals surface area contributed by atoms with Gasteiger partial charge in [-0.2, -0.15) is 4.72 Å². The Labute approximate surface area is 221 Å². The van der Waals surface area contributed by atoms with Crippen molar-refractivity contribution < 1.29 is 28.2 Å². The highest BCUT2D eigenvalue weighted by molar-refractivity contribution is 7.89. The zero-order chi connectivity index (χ0) is 27.1. The van der Waals surface area contributed by atoms with Crippen molar-refractivity contribution in [3.8, 4) is 5.75 Å². The van der Waals surface area contributed by atoms with Crippen molar-refractivity contribution in [3.63, 3.8) is 0 Å². The number of rotatable bonds is 9. The molecule has 2 aliphatic rings. The van der Waals surface area contributed by atoms with E-state index in [1.165, 1.54) is 36.4 Å². The van der Waals surface area contributed by atoms with Crippen molar-refractivity contribution in [2.75, 3.05) is 31.1 Å². The number of carboxylic acid groups (broad SMARTS) is 1. The monoisotopic (exact) mass is 544 g/mol. The Bertz CT molecular complexity index is 1280. The third kappa shape index (κ3) is 7.13. The van der Waals surface area contributed by atoms with Crippen LogP contribution in [0.5, 0.6) is 5.75 Å². The summed E-state index contributed by atoms with van der Waals surface area (Å²) in [7, 11) is -4.08. The molecule has 2 heterocycles. The van der Waals surface area contributed by atoms with Gasteiger partial charge in [0.2, 0.25) is 10.0 Å². The maximum absolute atomic E-state index is 12.8. The van der Waals surface area contributed by atoms with Crippen LogP contribution >= 0.6 is 0 Å². The van der Waals surface area contributed by atoms with Gasteiger partial charge in [-0.15, -0.1) is 0 Å². The van der Waals surface area contributed by atoms with E-state index in [1.54, 1.807) is 12.1 Å². The van der Waals surface area contributed by atoms with Crippen molar-refractivity contribution in [1.29, 1.82) is 0 Å². The number of aliphatic imine (C=N–C) groups is 1. The molecule has 38 heavy (non-hydrogen) atoms. The van der Waals surface area contributed by atoms with E-state index in [0.29, 0.717) is 18.8 Å². The number of sulfonamides is 1. The van der Waals surface area contributed by atoms with E-state index >= 15 is 0 Å². The molecule has 13 heteroatoms. The Kier molecular flexibility index (Phi) is 8.69. The Balaban J connectivity index is 1.38. The SMILES string of the molecule is O=C(O)CC(NC(=O)c1ccc(N2CCC(NC3=NCCCN3)CC2)c(O)c1)NS(=O)(=O)c1ccccc1. The first-order chi connectivity index (χ1) is 18.2. The summed E-state index contributed by atoms with van der Waals surface area (Å²) in [5.41, 5.74) is 0.651. The number of piperidine rings is 1. The fraction of sp³-hybridized carbons (Fsp3) is 0.400. The molecule has 1 unspecified atom stereocenters. The van der Waals surface area contributed by atoms with Crippen LogP contribution in [0.25, 0.3) is 0 Å². The van der Waals surface area contributed by atoms with Crippen LogP contribution in [-0.4, -0.2) is 74.9 Å². The van der Waals surface area contributed by atoms with Crippen molar-refractivity contribution in [2.24, 2.45) is 4.99 Å². The van der Waals surface area contributed by atoms with E-state index in [0.717, 1.165) is 38.3 Å². The van der Waals surface area contributed by atoms with E-state index in [2.05, 4.69) is 25.7 Å². The molecule has 2 aromatic carbocycles. The number of hydrogen-bond acceptors (Lipinski definition) is 9. The highest BCUT2D eigenvalue weighted by Crippen LogP contribution is 2.30. The molecule has 0 radical (unpaired) electrons. The topological polar surface area (TPSA) is 172 Å². The Morgan fingerprint density at radius 2 is 1.87 bits per heavy atom. The van der Waals surface area contributed by atoms with Crippen LogP contribution in [0.3, 0.4) is 0 Å². The van der Waals surface area contributed by atoms with Gasteiger partial charge < -0.3 is 31.1 Å². The molecule has 2 aromatic rings. The van der Waals surface area contributed by atoms with Gasteiger partial charge in [-0.1, -0.05) is 18.2 Å². The second kappa shape index (κ2) is 12.1. The van der Waals surface area contributed by atoms with Crippen LogP contribution in [0, 0.1) is 0 Å². The van der Waals surface area contributed by atoms with Crippen LogP contribution in [0.15, 0.2) is 58.4 Å². The van der Waals surface area contributed by atoms with Gasteiger partial charge in [-0.3, -0.25) is 14.6 Å². The molecule has 4 rings (SSSR count). The summed E-state index contributed by atoms with van der Waals surface area (Å²) in [5, 5.41) is 29.0. The number of amides is 1. The number of aromatic hydroxyl groups is 1. The largest absolute Gasteiger partial charge is 0.506 e. The molecule has 0 aromatic heterocycles. The summed E-state index contributed by atoms with van der Waals surface area (Å²) in [6.45, 7) is 3.13. The molecule has 0 aliphatic carbocycles. The summed E-state index contributed by atoms with van der Waals surface area (Å²) >= 11 is 0. The smallest absolute Gasteiger partial charge is 0.306 e.